The number of hydrogen-bond donors (Lipinski definition) is 1. The van der Waals surface area contributed by atoms with Gasteiger partial charge in [-0.15, -0.1) is 0 Å². The molecule has 1 amide bonds. The van der Waals surface area contributed by atoms with E-state index in [1.165, 1.54) is 31.4 Å². The number of methoxy groups -OCH3 is 1. The summed E-state index contributed by atoms with van der Waals surface area (Å²) in [5.74, 6) is -0.367. The van der Waals surface area contributed by atoms with Crippen molar-refractivity contribution in [2.75, 3.05) is 25.2 Å². The lowest BCUT2D eigenvalue weighted by Gasteiger charge is -2.43. The van der Waals surface area contributed by atoms with E-state index < -0.39 is 16.4 Å². The van der Waals surface area contributed by atoms with Crippen LogP contribution in [0.5, 0.6) is 0 Å². The molecule has 6 aromatic rings. The number of furan rings is 1. The smallest absolute Gasteiger partial charge is 0.373 e. The molecule has 1 aliphatic heterocycles. The SMILES string of the molecule is COC(=O)c1ccc(-c2ccc(N(CC3=CN(C(c4ccccc4)(c4ccccc4)c4ccccc4)CN3)C(=O)c3ccc([N+](=O)[O-])cc3)cc2)o1. The van der Waals surface area contributed by atoms with Gasteiger partial charge >= 0.3 is 5.97 Å². The molecule has 2 heterocycles. The van der Waals surface area contributed by atoms with Gasteiger partial charge in [0.2, 0.25) is 5.76 Å². The van der Waals surface area contributed by atoms with Crippen LogP contribution in [-0.4, -0.2) is 42.0 Å². The fraction of sp³-hybridized carbons (Fsp3) is 0.0952. The molecule has 0 spiro atoms. The van der Waals surface area contributed by atoms with E-state index in [9.17, 15) is 19.7 Å². The largest absolute Gasteiger partial charge is 0.463 e. The maximum absolute atomic E-state index is 14.2. The van der Waals surface area contributed by atoms with Crippen LogP contribution < -0.4 is 10.2 Å². The zero-order valence-corrected chi connectivity index (χ0v) is 28.2. The molecule has 10 nitrogen and oxygen atoms in total. The van der Waals surface area contributed by atoms with Gasteiger partial charge in [-0.2, -0.15) is 0 Å². The number of nitro benzene ring substituents is 1. The Bertz CT molecular complexity index is 2120. The first-order chi connectivity index (χ1) is 25.4. The van der Waals surface area contributed by atoms with E-state index in [2.05, 4.69) is 52.8 Å². The summed E-state index contributed by atoms with van der Waals surface area (Å²) in [7, 11) is 1.29. The highest BCUT2D eigenvalue weighted by Crippen LogP contribution is 2.43. The second-order valence-corrected chi connectivity index (χ2v) is 12.2. The molecular formula is C42H34N4O6. The Balaban J connectivity index is 1.28. The van der Waals surface area contributed by atoms with Crippen molar-refractivity contribution in [1.82, 2.24) is 10.2 Å². The van der Waals surface area contributed by atoms with Gasteiger partial charge in [0.25, 0.3) is 11.6 Å². The number of carbonyl (C=O) groups excluding carboxylic acids is 2. The van der Waals surface area contributed by atoms with E-state index in [4.69, 9.17) is 9.15 Å². The molecule has 0 fully saturated rings. The van der Waals surface area contributed by atoms with Crippen LogP contribution in [0, 0.1) is 10.1 Å². The number of carbonyl (C=O) groups is 2. The van der Waals surface area contributed by atoms with Crippen LogP contribution in [0.15, 0.2) is 168 Å². The van der Waals surface area contributed by atoms with Crippen LogP contribution in [0.3, 0.4) is 0 Å². The van der Waals surface area contributed by atoms with Gasteiger partial charge < -0.3 is 24.3 Å². The molecule has 0 aliphatic carbocycles. The number of nitro groups is 1. The van der Waals surface area contributed by atoms with Crippen LogP contribution >= 0.6 is 0 Å². The number of nitrogens with one attached hydrogen (secondary N) is 1. The molecule has 52 heavy (non-hydrogen) atoms. The average Bonchev–Trinajstić information content (AvgIpc) is 3.89. The zero-order valence-electron chi connectivity index (χ0n) is 28.2. The number of hydrogen-bond acceptors (Lipinski definition) is 8. The summed E-state index contributed by atoms with van der Waals surface area (Å²) in [5.41, 5.74) is 4.80. The maximum atomic E-state index is 14.2. The van der Waals surface area contributed by atoms with E-state index in [0.717, 1.165) is 22.4 Å². The normalized spacial score (nSPS) is 12.5. The fourth-order valence-corrected chi connectivity index (χ4v) is 6.66. The van der Waals surface area contributed by atoms with Gasteiger partial charge in [0, 0.05) is 40.8 Å². The molecule has 1 N–H and O–H groups in total. The summed E-state index contributed by atoms with van der Waals surface area (Å²) in [6.45, 7) is 0.626. The second-order valence-electron chi connectivity index (χ2n) is 12.2. The summed E-state index contributed by atoms with van der Waals surface area (Å²) in [5, 5.41) is 14.9. The third-order valence-electron chi connectivity index (χ3n) is 9.15. The Hall–Kier alpha value is -6.94. The van der Waals surface area contributed by atoms with Gasteiger partial charge in [-0.05, 0) is 65.2 Å². The molecular weight excluding hydrogens is 656 g/mol. The quantitative estimate of drug-likeness (QED) is 0.0629. The summed E-state index contributed by atoms with van der Waals surface area (Å²) >= 11 is 0. The summed E-state index contributed by atoms with van der Waals surface area (Å²) in [4.78, 5) is 40.9. The topological polar surface area (TPSA) is 118 Å². The second kappa shape index (κ2) is 14.5. The number of esters is 1. The molecule has 1 aromatic heterocycles. The van der Waals surface area contributed by atoms with E-state index in [1.54, 1.807) is 41.3 Å². The van der Waals surface area contributed by atoms with Crippen molar-refractivity contribution < 1.29 is 23.7 Å². The van der Waals surface area contributed by atoms with E-state index in [0.29, 0.717) is 29.2 Å². The molecule has 0 saturated carbocycles. The van der Waals surface area contributed by atoms with Crippen LogP contribution in [0.4, 0.5) is 11.4 Å². The van der Waals surface area contributed by atoms with Crippen LogP contribution in [-0.2, 0) is 10.3 Å². The van der Waals surface area contributed by atoms with Crippen molar-refractivity contribution in [3.05, 3.63) is 202 Å². The summed E-state index contributed by atoms with van der Waals surface area (Å²) in [6, 6.07) is 47.0. The average molecular weight is 691 g/mol. The van der Waals surface area contributed by atoms with Crippen molar-refractivity contribution in [2.45, 2.75) is 5.54 Å². The van der Waals surface area contributed by atoms with E-state index in [-0.39, 0.29) is 23.9 Å². The summed E-state index contributed by atoms with van der Waals surface area (Å²) in [6.07, 6.45) is 2.06. The Morgan fingerprint density at radius 2 is 1.35 bits per heavy atom. The zero-order chi connectivity index (χ0) is 36.1. The fourth-order valence-electron chi connectivity index (χ4n) is 6.66. The van der Waals surface area contributed by atoms with Crippen molar-refractivity contribution in [2.24, 2.45) is 0 Å². The van der Waals surface area contributed by atoms with Gasteiger partial charge in [-0.1, -0.05) is 91.0 Å². The Morgan fingerprint density at radius 1 is 0.788 bits per heavy atom. The highest BCUT2D eigenvalue weighted by atomic mass is 16.6. The lowest BCUT2D eigenvalue weighted by atomic mass is 9.76. The lowest BCUT2D eigenvalue weighted by molar-refractivity contribution is -0.384. The minimum atomic E-state index is -0.709. The van der Waals surface area contributed by atoms with Crippen molar-refractivity contribution in [1.29, 1.82) is 0 Å². The molecule has 7 rings (SSSR count). The van der Waals surface area contributed by atoms with Crippen molar-refractivity contribution in [3.8, 4) is 11.3 Å². The highest BCUT2D eigenvalue weighted by Gasteiger charge is 2.42. The van der Waals surface area contributed by atoms with Gasteiger partial charge in [0.15, 0.2) is 0 Å². The van der Waals surface area contributed by atoms with Crippen molar-refractivity contribution in [3.63, 3.8) is 0 Å². The third kappa shape index (κ3) is 6.40. The number of ether oxygens (including phenoxy) is 1. The molecule has 1 aliphatic rings. The molecule has 0 radical (unpaired) electrons. The number of benzene rings is 5. The Kier molecular flexibility index (Phi) is 9.36. The number of nitrogens with zero attached hydrogens (tertiary/aromatic N) is 3. The molecule has 0 bridgehead atoms. The molecule has 0 atom stereocenters. The number of non-ortho nitro benzene ring substituents is 1. The van der Waals surface area contributed by atoms with Gasteiger partial charge in [-0.25, -0.2) is 4.79 Å². The molecule has 0 saturated heterocycles. The summed E-state index contributed by atoms with van der Waals surface area (Å²) < 4.78 is 10.5. The van der Waals surface area contributed by atoms with Gasteiger partial charge in [-0.3, -0.25) is 14.9 Å². The standard InChI is InChI=1S/C42H34N4O6/c1-51-41(48)39-26-25-38(52-39)30-17-21-36(22-18-30)45(40(47)31-19-23-37(24-20-31)46(49)50)28-35-27-44(29-43-35)42(32-11-5-2-6-12-32,33-13-7-3-8-14-33)34-15-9-4-10-16-34/h2-27,43H,28-29H2,1H3. The molecule has 0 unspecified atom stereocenters. The first kappa shape index (κ1) is 33.6. The highest BCUT2D eigenvalue weighted by molar-refractivity contribution is 6.06. The minimum Gasteiger partial charge on any atom is -0.463 e. The monoisotopic (exact) mass is 690 g/mol. The maximum Gasteiger partial charge on any atom is 0.373 e. The lowest BCUT2D eigenvalue weighted by Crippen LogP contribution is -2.45. The first-order valence-corrected chi connectivity index (χ1v) is 16.6. The van der Waals surface area contributed by atoms with Gasteiger partial charge in [0.1, 0.15) is 11.3 Å². The van der Waals surface area contributed by atoms with Crippen molar-refractivity contribution >= 4 is 23.3 Å². The van der Waals surface area contributed by atoms with E-state index in [1.807, 2.05) is 54.6 Å². The molecule has 5 aromatic carbocycles. The Morgan fingerprint density at radius 3 is 1.87 bits per heavy atom. The number of amides is 1. The number of anilines is 1. The third-order valence-corrected chi connectivity index (χ3v) is 9.15. The van der Waals surface area contributed by atoms with Crippen LogP contribution in [0.1, 0.15) is 37.6 Å². The predicted octanol–water partition coefficient (Wildman–Crippen LogP) is 7.98. The van der Waals surface area contributed by atoms with E-state index >= 15 is 0 Å². The van der Waals surface area contributed by atoms with Crippen LogP contribution in [0.25, 0.3) is 11.3 Å². The van der Waals surface area contributed by atoms with Crippen LogP contribution in [0.2, 0.25) is 0 Å². The Labute approximate surface area is 300 Å². The first-order valence-electron chi connectivity index (χ1n) is 16.6. The predicted molar refractivity (Wildman–Crippen MR) is 197 cm³/mol. The minimum absolute atomic E-state index is 0.0814. The number of rotatable bonds is 11. The molecule has 10 heteroatoms. The molecule has 258 valence electrons. The van der Waals surface area contributed by atoms with Gasteiger partial charge in [0.05, 0.1) is 25.2 Å².